The van der Waals surface area contributed by atoms with E-state index in [0.717, 1.165) is 24.9 Å². The quantitative estimate of drug-likeness (QED) is 0.850. The molecule has 2 atom stereocenters. The number of rotatable bonds is 2. The van der Waals surface area contributed by atoms with Gasteiger partial charge in [0.05, 0.1) is 12.0 Å². The summed E-state index contributed by atoms with van der Waals surface area (Å²) in [6.45, 7) is 7.88. The van der Waals surface area contributed by atoms with Crippen molar-refractivity contribution >= 4 is 17.9 Å². The van der Waals surface area contributed by atoms with E-state index in [9.17, 15) is 9.59 Å². The Kier molecular flexibility index (Phi) is 4.48. The highest BCUT2D eigenvalue weighted by molar-refractivity contribution is 5.93. The Morgan fingerprint density at radius 2 is 1.96 bits per heavy atom. The van der Waals surface area contributed by atoms with Gasteiger partial charge in [0.2, 0.25) is 11.8 Å². The van der Waals surface area contributed by atoms with Crippen molar-refractivity contribution in [1.29, 1.82) is 0 Å². The van der Waals surface area contributed by atoms with Gasteiger partial charge in [-0.15, -0.1) is 0 Å². The number of fused-ring (bicyclic) bond motifs is 1. The van der Waals surface area contributed by atoms with Crippen LogP contribution in [0.5, 0.6) is 0 Å². The average Bonchev–Trinajstić information content (AvgIpc) is 2.94. The molecule has 1 N–H and O–H groups in total. The fraction of sp³-hybridized carbons (Fsp3) is 0.500. The highest BCUT2D eigenvalue weighted by atomic mass is 16.2. The molecule has 4 nitrogen and oxygen atoms in total. The molecule has 0 unspecified atom stereocenters. The average molecular weight is 326 g/mol. The Labute approximate surface area is 143 Å². The molecular weight excluding hydrogens is 300 g/mol. The molecule has 2 saturated heterocycles. The lowest BCUT2D eigenvalue weighted by Crippen LogP contribution is -2.48. The molecule has 2 fully saturated rings. The summed E-state index contributed by atoms with van der Waals surface area (Å²) >= 11 is 0. The van der Waals surface area contributed by atoms with Crippen LogP contribution in [-0.4, -0.2) is 35.8 Å². The van der Waals surface area contributed by atoms with Gasteiger partial charge in [-0.25, -0.2) is 0 Å². The number of benzene rings is 1. The van der Waals surface area contributed by atoms with Crippen LogP contribution in [0.1, 0.15) is 44.7 Å². The number of nitrogens with one attached hydrogen (secondary N) is 1. The molecule has 0 aliphatic carbocycles. The van der Waals surface area contributed by atoms with Crippen LogP contribution in [0.15, 0.2) is 30.3 Å². The standard InChI is InChI=1S/C20H26N2O2/c1-20(2,3)15-9-6-14(7-10-15)8-11-18(23)22-12-4-5-16-17(22)13-21-19(16)24/h6-11,16-17H,4-5,12-13H2,1-3H3,(H,21,24)/t16-,17-/m1/s1. The van der Waals surface area contributed by atoms with Gasteiger partial charge >= 0.3 is 0 Å². The first-order valence-electron chi connectivity index (χ1n) is 8.73. The summed E-state index contributed by atoms with van der Waals surface area (Å²) in [7, 11) is 0. The fourth-order valence-electron chi connectivity index (χ4n) is 3.58. The molecule has 0 bridgehead atoms. The first-order valence-corrected chi connectivity index (χ1v) is 8.73. The molecule has 128 valence electrons. The van der Waals surface area contributed by atoms with Crippen LogP contribution in [-0.2, 0) is 15.0 Å². The van der Waals surface area contributed by atoms with Crippen molar-refractivity contribution in [2.75, 3.05) is 13.1 Å². The van der Waals surface area contributed by atoms with E-state index in [-0.39, 0.29) is 29.2 Å². The molecule has 2 aliphatic heterocycles. The minimum absolute atomic E-state index is 0.00102. The molecule has 24 heavy (non-hydrogen) atoms. The molecule has 2 amide bonds. The summed E-state index contributed by atoms with van der Waals surface area (Å²) in [4.78, 5) is 26.2. The minimum atomic E-state index is -0.0258. The third-order valence-electron chi connectivity index (χ3n) is 5.08. The van der Waals surface area contributed by atoms with Crippen molar-refractivity contribution in [2.24, 2.45) is 5.92 Å². The van der Waals surface area contributed by atoms with E-state index >= 15 is 0 Å². The zero-order valence-corrected chi connectivity index (χ0v) is 14.7. The first kappa shape index (κ1) is 16.7. The first-order chi connectivity index (χ1) is 11.4. The van der Waals surface area contributed by atoms with Crippen molar-refractivity contribution in [3.05, 3.63) is 41.5 Å². The lowest BCUT2D eigenvalue weighted by Gasteiger charge is -2.35. The van der Waals surface area contributed by atoms with E-state index in [1.54, 1.807) is 6.08 Å². The van der Waals surface area contributed by atoms with Gasteiger partial charge in [0.1, 0.15) is 0 Å². The van der Waals surface area contributed by atoms with Crippen LogP contribution in [0.25, 0.3) is 6.08 Å². The molecule has 2 aliphatic rings. The third kappa shape index (κ3) is 3.37. The van der Waals surface area contributed by atoms with Crippen LogP contribution < -0.4 is 5.32 Å². The summed E-state index contributed by atoms with van der Waals surface area (Å²) in [5.74, 6) is 0.0718. The highest BCUT2D eigenvalue weighted by Crippen LogP contribution is 2.27. The predicted molar refractivity (Wildman–Crippen MR) is 95.4 cm³/mol. The normalized spacial score (nSPS) is 24.1. The molecule has 1 aromatic carbocycles. The zero-order chi connectivity index (χ0) is 17.3. The Bertz CT molecular complexity index is 655. The van der Waals surface area contributed by atoms with Crippen molar-refractivity contribution in [2.45, 2.75) is 45.1 Å². The summed E-state index contributed by atoms with van der Waals surface area (Å²) in [5, 5.41) is 2.88. The number of piperidine rings is 1. The second kappa shape index (κ2) is 6.42. The topological polar surface area (TPSA) is 49.4 Å². The van der Waals surface area contributed by atoms with Crippen molar-refractivity contribution in [3.63, 3.8) is 0 Å². The summed E-state index contributed by atoms with van der Waals surface area (Å²) < 4.78 is 0. The minimum Gasteiger partial charge on any atom is -0.354 e. The molecular formula is C20H26N2O2. The zero-order valence-electron chi connectivity index (χ0n) is 14.7. The lowest BCUT2D eigenvalue weighted by atomic mass is 9.87. The van der Waals surface area contributed by atoms with Crippen LogP contribution in [0.2, 0.25) is 0 Å². The molecule has 0 spiro atoms. The number of carbonyl (C=O) groups is 2. The second-order valence-corrected chi connectivity index (χ2v) is 7.80. The molecule has 4 heteroatoms. The highest BCUT2D eigenvalue weighted by Gasteiger charge is 2.41. The van der Waals surface area contributed by atoms with Gasteiger partial charge in [-0.2, -0.15) is 0 Å². The monoisotopic (exact) mass is 326 g/mol. The number of amides is 2. The second-order valence-electron chi connectivity index (χ2n) is 7.80. The van der Waals surface area contributed by atoms with E-state index in [1.807, 2.05) is 23.1 Å². The molecule has 0 aromatic heterocycles. The Morgan fingerprint density at radius 3 is 2.62 bits per heavy atom. The number of likely N-dealkylation sites (tertiary alicyclic amines) is 1. The Morgan fingerprint density at radius 1 is 1.25 bits per heavy atom. The van der Waals surface area contributed by atoms with Gasteiger partial charge in [-0.3, -0.25) is 9.59 Å². The van der Waals surface area contributed by atoms with Crippen molar-refractivity contribution in [3.8, 4) is 0 Å². The van der Waals surface area contributed by atoms with Crippen molar-refractivity contribution < 1.29 is 9.59 Å². The SMILES string of the molecule is CC(C)(C)c1ccc(C=CC(=O)N2CCC[C@H]3C(=O)NC[C@H]32)cc1. The van der Waals surface area contributed by atoms with Crippen LogP contribution >= 0.6 is 0 Å². The van der Waals surface area contributed by atoms with E-state index in [2.05, 4.69) is 38.2 Å². The molecule has 0 saturated carbocycles. The van der Waals surface area contributed by atoms with Gasteiger partial charge in [0.15, 0.2) is 0 Å². The summed E-state index contributed by atoms with van der Waals surface area (Å²) in [6, 6.07) is 8.33. The van der Waals surface area contributed by atoms with Crippen molar-refractivity contribution in [1.82, 2.24) is 10.2 Å². The fourth-order valence-corrected chi connectivity index (χ4v) is 3.58. The van der Waals surface area contributed by atoms with E-state index < -0.39 is 0 Å². The maximum absolute atomic E-state index is 12.5. The van der Waals surface area contributed by atoms with Crippen LogP contribution in [0, 0.1) is 5.92 Å². The maximum atomic E-state index is 12.5. The van der Waals surface area contributed by atoms with Gasteiger partial charge in [0.25, 0.3) is 0 Å². The number of nitrogens with zero attached hydrogens (tertiary/aromatic N) is 1. The van der Waals surface area contributed by atoms with E-state index in [0.29, 0.717) is 6.54 Å². The number of carbonyl (C=O) groups excluding carboxylic acids is 2. The van der Waals surface area contributed by atoms with Gasteiger partial charge in [-0.05, 0) is 35.5 Å². The van der Waals surface area contributed by atoms with Gasteiger partial charge in [-0.1, -0.05) is 45.0 Å². The molecule has 2 heterocycles. The summed E-state index contributed by atoms with van der Waals surface area (Å²) in [6.07, 6.45) is 5.28. The molecule has 3 rings (SSSR count). The number of hydrogen-bond donors (Lipinski definition) is 1. The van der Waals surface area contributed by atoms with Crippen LogP contribution in [0.3, 0.4) is 0 Å². The molecule has 1 aromatic rings. The maximum Gasteiger partial charge on any atom is 0.246 e. The van der Waals surface area contributed by atoms with Gasteiger partial charge in [0, 0.05) is 19.2 Å². The smallest absolute Gasteiger partial charge is 0.246 e. The van der Waals surface area contributed by atoms with E-state index in [1.165, 1.54) is 5.56 Å². The lowest BCUT2D eigenvalue weighted by molar-refractivity contribution is -0.132. The van der Waals surface area contributed by atoms with E-state index in [4.69, 9.17) is 0 Å². The summed E-state index contributed by atoms with van der Waals surface area (Å²) in [5.41, 5.74) is 2.43. The third-order valence-corrected chi connectivity index (χ3v) is 5.08. The molecule has 0 radical (unpaired) electrons. The Hall–Kier alpha value is -2.10. The Balaban J connectivity index is 1.68. The number of hydrogen-bond acceptors (Lipinski definition) is 2. The van der Waals surface area contributed by atoms with Crippen LogP contribution in [0.4, 0.5) is 0 Å². The van der Waals surface area contributed by atoms with Gasteiger partial charge < -0.3 is 10.2 Å². The predicted octanol–water partition coefficient (Wildman–Crippen LogP) is 2.73. The largest absolute Gasteiger partial charge is 0.354 e.